The lowest BCUT2D eigenvalue weighted by Crippen LogP contribution is -2.41. The normalized spacial score (nSPS) is 17.0. The molecule has 1 aliphatic rings. The minimum atomic E-state index is -1.58. The Morgan fingerprint density at radius 3 is 1.71 bits per heavy atom. The maximum atomic E-state index is 10.8. The van der Waals surface area contributed by atoms with E-state index in [0.29, 0.717) is 4.88 Å². The highest BCUT2D eigenvalue weighted by atomic mass is 32.1. The van der Waals surface area contributed by atoms with E-state index < -0.39 is 37.4 Å². The first-order valence-electron chi connectivity index (χ1n) is 8.22. The molecule has 2 aromatic rings. The summed E-state index contributed by atoms with van der Waals surface area (Å²) in [5.41, 5.74) is -0.796. The largest absolute Gasteiger partial charge is 0.505 e. The number of thiophene rings is 2. The first-order valence-corrected chi connectivity index (χ1v) is 9.85. The van der Waals surface area contributed by atoms with Crippen molar-refractivity contribution in [1.82, 2.24) is 0 Å². The highest BCUT2D eigenvalue weighted by Crippen LogP contribution is 2.36. The maximum absolute atomic E-state index is 10.8. The SMILES string of the molecule is CC1(C)OB(c2ccc(C(=O)O)s2)OC1(C)C.O=C(O)c1ccc(B(O)O)s1. The fourth-order valence-corrected chi connectivity index (χ4v) is 3.68. The van der Waals surface area contributed by atoms with Gasteiger partial charge in [0.05, 0.1) is 11.2 Å². The maximum Gasteiger partial charge on any atom is 0.505 e. The summed E-state index contributed by atoms with van der Waals surface area (Å²) in [5.74, 6) is -1.97. The van der Waals surface area contributed by atoms with Gasteiger partial charge in [-0.15, -0.1) is 22.7 Å². The van der Waals surface area contributed by atoms with Gasteiger partial charge in [0.1, 0.15) is 9.75 Å². The Hall–Kier alpha value is -1.69. The highest BCUT2D eigenvalue weighted by Gasteiger charge is 2.52. The van der Waals surface area contributed by atoms with E-state index in [9.17, 15) is 9.59 Å². The Bertz CT molecular complexity index is 842. The summed E-state index contributed by atoms with van der Waals surface area (Å²) in [6.45, 7) is 7.88. The van der Waals surface area contributed by atoms with Crippen molar-refractivity contribution >= 4 is 58.4 Å². The van der Waals surface area contributed by atoms with Crippen LogP contribution in [0.4, 0.5) is 0 Å². The van der Waals surface area contributed by atoms with E-state index >= 15 is 0 Å². The number of rotatable bonds is 4. The number of carbonyl (C=O) groups is 2. The van der Waals surface area contributed by atoms with E-state index in [4.69, 9.17) is 29.6 Å². The average Bonchev–Trinajstić information content (AvgIpc) is 3.27. The Kier molecular flexibility index (Phi) is 6.74. The van der Waals surface area contributed by atoms with Crippen LogP contribution in [0.15, 0.2) is 24.3 Å². The van der Waals surface area contributed by atoms with Crippen LogP contribution in [0.5, 0.6) is 0 Å². The molecule has 0 saturated carbocycles. The summed E-state index contributed by atoms with van der Waals surface area (Å²) in [5, 5.41) is 34.5. The molecule has 1 saturated heterocycles. The van der Waals surface area contributed by atoms with Crippen LogP contribution in [0.3, 0.4) is 0 Å². The number of carboxylic acids is 2. The second kappa shape index (κ2) is 8.36. The van der Waals surface area contributed by atoms with Gasteiger partial charge in [-0.25, -0.2) is 9.59 Å². The second-order valence-corrected chi connectivity index (χ2v) is 9.21. The summed E-state index contributed by atoms with van der Waals surface area (Å²) in [6, 6.07) is 6.03. The van der Waals surface area contributed by atoms with Gasteiger partial charge in [0.2, 0.25) is 0 Å². The van der Waals surface area contributed by atoms with Crippen molar-refractivity contribution in [3.8, 4) is 0 Å². The number of hydrogen-bond acceptors (Lipinski definition) is 8. The van der Waals surface area contributed by atoms with Crippen molar-refractivity contribution in [3.63, 3.8) is 0 Å². The topological polar surface area (TPSA) is 134 Å². The molecule has 0 atom stereocenters. The molecule has 8 nitrogen and oxygen atoms in total. The van der Waals surface area contributed by atoms with Crippen LogP contribution in [-0.4, -0.2) is 57.6 Å². The van der Waals surface area contributed by atoms with Gasteiger partial charge in [0.25, 0.3) is 0 Å². The molecule has 4 N–H and O–H groups in total. The van der Waals surface area contributed by atoms with E-state index in [1.807, 2.05) is 27.7 Å². The van der Waals surface area contributed by atoms with Crippen LogP contribution in [0.2, 0.25) is 0 Å². The zero-order valence-corrected chi connectivity index (χ0v) is 17.3. The van der Waals surface area contributed by atoms with Gasteiger partial charge in [-0.2, -0.15) is 0 Å². The Morgan fingerprint density at radius 1 is 0.893 bits per heavy atom. The van der Waals surface area contributed by atoms with Gasteiger partial charge in [-0.1, -0.05) is 12.1 Å². The van der Waals surface area contributed by atoms with E-state index in [-0.39, 0.29) is 9.65 Å². The molecule has 0 unspecified atom stereocenters. The third-order valence-corrected chi connectivity index (χ3v) is 6.62. The van der Waals surface area contributed by atoms with Gasteiger partial charge in [-0.3, -0.25) is 0 Å². The summed E-state index contributed by atoms with van der Waals surface area (Å²) in [6.07, 6.45) is 0. The van der Waals surface area contributed by atoms with Crippen molar-refractivity contribution in [2.24, 2.45) is 0 Å². The first-order chi connectivity index (χ1) is 12.8. The van der Waals surface area contributed by atoms with Crippen LogP contribution >= 0.6 is 22.7 Å². The predicted molar refractivity (Wildman–Crippen MR) is 108 cm³/mol. The van der Waals surface area contributed by atoms with Crippen LogP contribution < -0.4 is 9.55 Å². The monoisotopic (exact) mass is 426 g/mol. The second-order valence-electron chi connectivity index (χ2n) is 6.98. The molecular weight excluding hydrogens is 406 g/mol. The molecule has 28 heavy (non-hydrogen) atoms. The summed E-state index contributed by atoms with van der Waals surface area (Å²) >= 11 is 2.04. The van der Waals surface area contributed by atoms with Gasteiger partial charge in [-0.05, 0) is 39.8 Å². The molecular formula is C16H20B2O8S2. The Labute approximate surface area is 170 Å². The quantitative estimate of drug-likeness (QED) is 0.530. The first kappa shape index (κ1) is 22.6. The predicted octanol–water partition coefficient (Wildman–Crippen LogP) is 0.872. The minimum Gasteiger partial charge on any atom is -0.477 e. The van der Waals surface area contributed by atoms with Crippen molar-refractivity contribution in [3.05, 3.63) is 34.0 Å². The molecule has 0 bridgehead atoms. The molecule has 2 aromatic heterocycles. The molecule has 0 amide bonds. The average molecular weight is 426 g/mol. The Balaban J connectivity index is 0.000000221. The fraction of sp³-hybridized carbons (Fsp3) is 0.375. The molecule has 0 spiro atoms. The highest BCUT2D eigenvalue weighted by molar-refractivity contribution is 7.24. The van der Waals surface area contributed by atoms with Crippen LogP contribution in [0, 0.1) is 0 Å². The zero-order valence-electron chi connectivity index (χ0n) is 15.7. The van der Waals surface area contributed by atoms with Gasteiger partial charge >= 0.3 is 26.2 Å². The van der Waals surface area contributed by atoms with Gasteiger partial charge in [0.15, 0.2) is 0 Å². The molecule has 1 aliphatic heterocycles. The molecule has 3 rings (SSSR count). The van der Waals surface area contributed by atoms with Crippen LogP contribution in [0.25, 0.3) is 0 Å². The van der Waals surface area contributed by atoms with Crippen molar-refractivity contribution < 1.29 is 39.2 Å². The molecule has 12 heteroatoms. The van der Waals surface area contributed by atoms with Crippen LogP contribution in [0.1, 0.15) is 47.0 Å². The Morgan fingerprint density at radius 2 is 1.36 bits per heavy atom. The number of aromatic carboxylic acids is 2. The van der Waals surface area contributed by atoms with E-state index in [2.05, 4.69) is 0 Å². The molecule has 0 radical (unpaired) electrons. The van der Waals surface area contributed by atoms with Crippen molar-refractivity contribution in [2.75, 3.05) is 0 Å². The third kappa shape index (κ3) is 5.02. The van der Waals surface area contributed by atoms with E-state index in [1.54, 1.807) is 12.1 Å². The van der Waals surface area contributed by atoms with Crippen molar-refractivity contribution in [2.45, 2.75) is 38.9 Å². The molecule has 3 heterocycles. The van der Waals surface area contributed by atoms with E-state index in [1.165, 1.54) is 23.5 Å². The minimum absolute atomic E-state index is 0.105. The lowest BCUT2D eigenvalue weighted by molar-refractivity contribution is 0.00578. The van der Waals surface area contributed by atoms with Gasteiger partial charge in [0, 0.05) is 9.55 Å². The third-order valence-electron chi connectivity index (χ3n) is 4.42. The lowest BCUT2D eigenvalue weighted by atomic mass is 9.88. The lowest BCUT2D eigenvalue weighted by Gasteiger charge is -2.32. The summed E-state index contributed by atoms with van der Waals surface area (Å²) < 4.78 is 12.7. The van der Waals surface area contributed by atoms with E-state index in [0.717, 1.165) is 16.1 Å². The fourth-order valence-electron chi connectivity index (χ4n) is 2.16. The smallest absolute Gasteiger partial charge is 0.477 e. The molecule has 150 valence electrons. The molecule has 0 aliphatic carbocycles. The van der Waals surface area contributed by atoms with Crippen LogP contribution in [-0.2, 0) is 9.31 Å². The van der Waals surface area contributed by atoms with Gasteiger partial charge < -0.3 is 29.6 Å². The standard InChI is InChI=1S/C11H15BO4S.C5H5BO4S/c1-10(2)11(3,4)16-12(15-10)8-6-5-7(17-8)9(13)14;7-5(8)3-1-2-4(11-3)6(9)10/h5-6H,1-4H3,(H,13,14);1-2,9-10H,(H,7,8). The molecule has 0 aromatic carbocycles. The number of carboxylic acid groups (broad SMARTS) is 2. The number of hydrogen-bond donors (Lipinski definition) is 4. The summed E-state index contributed by atoms with van der Waals surface area (Å²) in [7, 11) is -2.05. The molecule has 1 fully saturated rings. The zero-order chi connectivity index (χ0) is 21.3. The summed E-state index contributed by atoms with van der Waals surface area (Å²) in [4.78, 5) is 21.5. The van der Waals surface area contributed by atoms with Crippen molar-refractivity contribution in [1.29, 1.82) is 0 Å².